The van der Waals surface area contributed by atoms with Gasteiger partial charge in [-0.3, -0.25) is 19.7 Å². The molecule has 0 bridgehead atoms. The monoisotopic (exact) mass is 548 g/mol. The maximum absolute atomic E-state index is 13.1. The van der Waals surface area contributed by atoms with E-state index in [1.165, 1.54) is 11.3 Å². The summed E-state index contributed by atoms with van der Waals surface area (Å²) in [6.07, 6.45) is 0. The van der Waals surface area contributed by atoms with Crippen molar-refractivity contribution in [3.05, 3.63) is 105 Å². The van der Waals surface area contributed by atoms with E-state index in [0.717, 1.165) is 21.7 Å². The highest BCUT2D eigenvalue weighted by molar-refractivity contribution is 7.14. The molecule has 7 nitrogen and oxygen atoms in total. The molecule has 184 valence electrons. The molecule has 0 saturated heterocycles. The topological polar surface area (TPSA) is 91.4 Å². The van der Waals surface area contributed by atoms with Crippen LogP contribution in [0, 0.1) is 6.92 Å². The number of thiazole rings is 1. The first-order chi connectivity index (χ1) is 17.8. The van der Waals surface area contributed by atoms with Crippen molar-refractivity contribution >= 4 is 68.8 Å². The quantitative estimate of drug-likeness (QED) is 0.270. The van der Waals surface area contributed by atoms with E-state index >= 15 is 0 Å². The maximum Gasteiger partial charge on any atom is 0.283 e. The summed E-state index contributed by atoms with van der Waals surface area (Å²) < 4.78 is 0. The lowest BCUT2D eigenvalue weighted by Crippen LogP contribution is -2.32. The fraction of sp³-hybridized carbons (Fsp3) is 0.0370. The van der Waals surface area contributed by atoms with Crippen LogP contribution in [0.2, 0.25) is 5.02 Å². The lowest BCUT2D eigenvalue weighted by Gasteiger charge is -2.17. The highest BCUT2D eigenvalue weighted by Crippen LogP contribution is 2.32. The average molecular weight is 549 g/mol. The highest BCUT2D eigenvalue weighted by Gasteiger charge is 2.39. The van der Waals surface area contributed by atoms with Crippen LogP contribution in [-0.4, -0.2) is 22.7 Å². The van der Waals surface area contributed by atoms with Crippen LogP contribution < -0.4 is 15.5 Å². The fourth-order valence-electron chi connectivity index (χ4n) is 3.78. The number of rotatable bonds is 6. The van der Waals surface area contributed by atoms with Crippen molar-refractivity contribution < 1.29 is 14.4 Å². The zero-order chi connectivity index (χ0) is 26.1. The molecule has 0 aliphatic carbocycles. The second kappa shape index (κ2) is 10.2. The maximum atomic E-state index is 13.1. The van der Waals surface area contributed by atoms with E-state index < -0.39 is 11.8 Å². The van der Waals surface area contributed by atoms with Gasteiger partial charge in [-0.2, -0.15) is 0 Å². The Morgan fingerprint density at radius 1 is 0.946 bits per heavy atom. The molecule has 3 amide bonds. The van der Waals surface area contributed by atoms with Gasteiger partial charge in [0.25, 0.3) is 17.7 Å². The molecule has 4 aromatic rings. The zero-order valence-corrected chi connectivity index (χ0v) is 21.6. The van der Waals surface area contributed by atoms with Gasteiger partial charge in [-0.15, -0.1) is 11.3 Å². The van der Waals surface area contributed by atoms with E-state index in [2.05, 4.69) is 15.6 Å². The molecule has 0 spiro atoms. The molecule has 10 heteroatoms. The second-order valence-electron chi connectivity index (χ2n) is 8.13. The lowest BCUT2D eigenvalue weighted by atomic mass is 10.1. The van der Waals surface area contributed by atoms with Gasteiger partial charge in [-0.05, 0) is 48.9 Å². The second-order valence-corrected chi connectivity index (χ2v) is 9.80. The predicted molar refractivity (Wildman–Crippen MR) is 147 cm³/mol. The number of aromatic nitrogens is 1. The Morgan fingerprint density at radius 3 is 2.46 bits per heavy atom. The van der Waals surface area contributed by atoms with Crippen LogP contribution in [0.15, 0.2) is 88.9 Å². The number of anilines is 3. The summed E-state index contributed by atoms with van der Waals surface area (Å²) >= 11 is 13.5. The van der Waals surface area contributed by atoms with Crippen molar-refractivity contribution in [3.8, 4) is 11.3 Å². The third kappa shape index (κ3) is 4.99. The third-order valence-corrected chi connectivity index (χ3v) is 7.00. The average Bonchev–Trinajstić information content (AvgIpc) is 3.44. The van der Waals surface area contributed by atoms with Crippen LogP contribution >= 0.6 is 34.5 Å². The fourth-order valence-corrected chi connectivity index (χ4v) is 4.83. The van der Waals surface area contributed by atoms with Crippen LogP contribution in [0.3, 0.4) is 0 Å². The molecule has 0 saturated carbocycles. The van der Waals surface area contributed by atoms with Gasteiger partial charge >= 0.3 is 0 Å². The smallest absolute Gasteiger partial charge is 0.283 e. The number of aryl methyl sites for hydroxylation is 1. The normalized spacial score (nSPS) is 13.3. The summed E-state index contributed by atoms with van der Waals surface area (Å²) in [6, 6.07) is 20.8. The van der Waals surface area contributed by atoms with E-state index in [9.17, 15) is 14.4 Å². The molecule has 37 heavy (non-hydrogen) atoms. The van der Waals surface area contributed by atoms with E-state index in [4.69, 9.17) is 23.2 Å². The Kier molecular flexibility index (Phi) is 6.80. The number of carbonyl (C=O) groups is 3. The Bertz CT molecular complexity index is 1580. The van der Waals surface area contributed by atoms with E-state index in [-0.39, 0.29) is 16.6 Å². The van der Waals surface area contributed by atoms with E-state index in [1.807, 2.05) is 23.6 Å². The number of halogens is 2. The molecule has 0 atom stereocenters. The van der Waals surface area contributed by atoms with Crippen LogP contribution in [0.25, 0.3) is 11.3 Å². The number of amides is 3. The van der Waals surface area contributed by atoms with Gasteiger partial charge in [0.2, 0.25) is 0 Å². The minimum Gasteiger partial charge on any atom is -0.350 e. The number of hydrogen-bond acceptors (Lipinski definition) is 6. The summed E-state index contributed by atoms with van der Waals surface area (Å²) in [5.74, 6) is -1.56. The summed E-state index contributed by atoms with van der Waals surface area (Å²) in [5, 5.41) is 8.38. The number of nitrogens with zero attached hydrogens (tertiary/aromatic N) is 2. The van der Waals surface area contributed by atoms with Gasteiger partial charge in [-0.25, -0.2) is 9.88 Å². The number of para-hydroxylation sites is 1. The number of carbonyl (C=O) groups excluding carboxylic acids is 3. The van der Waals surface area contributed by atoms with Crippen molar-refractivity contribution in [2.24, 2.45) is 0 Å². The summed E-state index contributed by atoms with van der Waals surface area (Å²) in [6.45, 7) is 1.80. The molecule has 0 fully saturated rings. The van der Waals surface area contributed by atoms with E-state index in [1.54, 1.807) is 61.5 Å². The van der Waals surface area contributed by atoms with Crippen LogP contribution in [0.1, 0.15) is 15.9 Å². The van der Waals surface area contributed by atoms with Gasteiger partial charge in [0, 0.05) is 27.2 Å². The molecule has 5 rings (SSSR count). The Morgan fingerprint density at radius 2 is 1.70 bits per heavy atom. The summed E-state index contributed by atoms with van der Waals surface area (Å²) in [7, 11) is 0. The van der Waals surface area contributed by atoms with Crippen LogP contribution in [0.4, 0.5) is 16.5 Å². The van der Waals surface area contributed by atoms with Crippen molar-refractivity contribution in [3.63, 3.8) is 0 Å². The third-order valence-electron chi connectivity index (χ3n) is 5.64. The van der Waals surface area contributed by atoms with Crippen LogP contribution in [-0.2, 0) is 9.59 Å². The standard InChI is InChI=1S/C27H18Cl2N4O3S/c1-15-5-2-3-8-21(15)33-25(35)22(29)23(26(33)36)30-19-7-4-6-17(13-19)24(34)32-27-31-20(14-37-27)16-9-11-18(28)12-10-16/h2-14,30H,1H3,(H,31,32,34). The predicted octanol–water partition coefficient (Wildman–Crippen LogP) is 6.46. The van der Waals surface area contributed by atoms with Crippen molar-refractivity contribution in [2.75, 3.05) is 15.5 Å². The van der Waals surface area contributed by atoms with Crippen molar-refractivity contribution in [2.45, 2.75) is 6.92 Å². The first-order valence-electron chi connectivity index (χ1n) is 11.1. The molecule has 3 aromatic carbocycles. The first-order valence-corrected chi connectivity index (χ1v) is 12.7. The number of imide groups is 1. The Hall–Kier alpha value is -3.98. The van der Waals surface area contributed by atoms with Gasteiger partial charge in [0.15, 0.2) is 5.13 Å². The van der Waals surface area contributed by atoms with Crippen molar-refractivity contribution in [1.29, 1.82) is 0 Å². The van der Waals surface area contributed by atoms with Gasteiger partial charge in [-0.1, -0.05) is 59.6 Å². The molecule has 0 radical (unpaired) electrons. The number of nitrogens with one attached hydrogen (secondary N) is 2. The van der Waals surface area contributed by atoms with E-state index in [0.29, 0.717) is 27.1 Å². The van der Waals surface area contributed by atoms with Crippen LogP contribution in [0.5, 0.6) is 0 Å². The minimum atomic E-state index is -0.613. The molecule has 2 heterocycles. The highest BCUT2D eigenvalue weighted by atomic mass is 35.5. The zero-order valence-electron chi connectivity index (χ0n) is 19.3. The largest absolute Gasteiger partial charge is 0.350 e. The molecule has 2 N–H and O–H groups in total. The molecule has 1 aliphatic rings. The lowest BCUT2D eigenvalue weighted by molar-refractivity contribution is -0.120. The Balaban J connectivity index is 1.31. The molecular formula is C27H18Cl2N4O3S. The minimum absolute atomic E-state index is 0.0555. The summed E-state index contributed by atoms with van der Waals surface area (Å²) in [5.41, 5.74) is 3.52. The first kappa shape index (κ1) is 24.7. The molecule has 1 aromatic heterocycles. The SMILES string of the molecule is Cc1ccccc1N1C(=O)C(Cl)=C(Nc2cccc(C(=O)Nc3nc(-c4ccc(Cl)cc4)cs3)c2)C1=O. The molecule has 0 unspecified atom stereocenters. The van der Waals surface area contributed by atoms with Gasteiger partial charge < -0.3 is 5.32 Å². The Labute approximate surface area is 226 Å². The molecular weight excluding hydrogens is 531 g/mol. The van der Waals surface area contributed by atoms with Gasteiger partial charge in [0.1, 0.15) is 10.7 Å². The molecule has 1 aliphatic heterocycles. The summed E-state index contributed by atoms with van der Waals surface area (Å²) in [4.78, 5) is 44.3. The van der Waals surface area contributed by atoms with Gasteiger partial charge in [0.05, 0.1) is 11.4 Å². The number of benzene rings is 3. The number of hydrogen-bond donors (Lipinski definition) is 2. The van der Waals surface area contributed by atoms with Crippen molar-refractivity contribution in [1.82, 2.24) is 4.98 Å².